The van der Waals surface area contributed by atoms with E-state index >= 15 is 0 Å². The van der Waals surface area contributed by atoms with Crippen LogP contribution in [0.3, 0.4) is 0 Å². The summed E-state index contributed by atoms with van der Waals surface area (Å²) in [5.41, 5.74) is 0.260. The van der Waals surface area contributed by atoms with Crippen molar-refractivity contribution in [2.24, 2.45) is 0 Å². The zero-order valence-corrected chi connectivity index (χ0v) is 17.6. The van der Waals surface area contributed by atoms with E-state index in [9.17, 15) is 35.9 Å². The number of hydrazine groups is 1. The van der Waals surface area contributed by atoms with E-state index in [1.165, 1.54) is 0 Å². The Morgan fingerprint density at radius 1 is 0.914 bits per heavy atom. The molecule has 0 aliphatic carbocycles. The molecule has 0 bridgehead atoms. The van der Waals surface area contributed by atoms with E-state index < -0.39 is 46.7 Å². The minimum absolute atomic E-state index is 0.165. The molecule has 2 amide bonds. The Kier molecular flexibility index (Phi) is 5.79. The van der Waals surface area contributed by atoms with Gasteiger partial charge in [0.05, 0.1) is 23.0 Å². The molecule has 2 N–H and O–H groups in total. The van der Waals surface area contributed by atoms with Gasteiger partial charge in [-0.1, -0.05) is 24.3 Å². The molecule has 0 fully saturated rings. The second-order valence-electron chi connectivity index (χ2n) is 7.33. The Morgan fingerprint density at radius 3 is 2.26 bits per heavy atom. The number of alkyl halides is 6. The van der Waals surface area contributed by atoms with Gasteiger partial charge in [-0.05, 0) is 31.2 Å². The summed E-state index contributed by atoms with van der Waals surface area (Å²) in [5, 5.41) is 4.09. The zero-order valence-electron chi connectivity index (χ0n) is 17.6. The van der Waals surface area contributed by atoms with Crippen LogP contribution in [0.5, 0.6) is 0 Å². The second kappa shape index (κ2) is 8.49. The van der Waals surface area contributed by atoms with Crippen LogP contribution in [-0.2, 0) is 12.4 Å². The number of benzene rings is 2. The van der Waals surface area contributed by atoms with Gasteiger partial charge in [-0.3, -0.25) is 20.4 Å². The van der Waals surface area contributed by atoms with Crippen molar-refractivity contribution in [2.75, 3.05) is 0 Å². The highest BCUT2D eigenvalue weighted by atomic mass is 19.4. The second-order valence-corrected chi connectivity index (χ2v) is 7.33. The van der Waals surface area contributed by atoms with Gasteiger partial charge in [0.2, 0.25) is 0 Å². The molecular weight excluding hydrogens is 482 g/mol. The lowest BCUT2D eigenvalue weighted by Crippen LogP contribution is -2.42. The first kappa shape index (κ1) is 23.9. The number of nitrogens with zero attached hydrogens (tertiary/aromatic N) is 2. The molecule has 0 aliphatic heterocycles. The number of nitrogens with one attached hydrogen (secondary N) is 2. The number of carbonyl (C=O) groups excluding carboxylic acids is 2. The summed E-state index contributed by atoms with van der Waals surface area (Å²) in [6.07, 6.45) is -9.44. The fraction of sp³-hybridized carbons (Fsp3) is 0.136. The Balaban J connectivity index is 1.61. The number of aromatic nitrogens is 2. The first-order valence-corrected chi connectivity index (χ1v) is 9.79. The molecule has 0 saturated heterocycles. The van der Waals surface area contributed by atoms with Crippen molar-refractivity contribution in [3.63, 3.8) is 0 Å². The minimum Gasteiger partial charge on any atom is -0.451 e. The average Bonchev–Trinajstić information content (AvgIpc) is 3.39. The number of fused-ring (bicyclic) bond motifs is 1. The fourth-order valence-corrected chi connectivity index (χ4v) is 3.43. The van der Waals surface area contributed by atoms with Crippen LogP contribution in [0, 0.1) is 6.92 Å². The molecule has 0 spiro atoms. The molecule has 7 nitrogen and oxygen atoms in total. The highest BCUT2D eigenvalue weighted by Crippen LogP contribution is 2.35. The summed E-state index contributed by atoms with van der Waals surface area (Å²) in [4.78, 5) is 24.9. The lowest BCUT2D eigenvalue weighted by molar-refractivity contribution is -0.143. The molecule has 182 valence electrons. The molecule has 13 heteroatoms. The lowest BCUT2D eigenvalue weighted by Gasteiger charge is -2.14. The molecule has 0 saturated carbocycles. The number of furan rings is 1. The molecule has 35 heavy (non-hydrogen) atoms. The Hall–Kier alpha value is -4.29. The van der Waals surface area contributed by atoms with Gasteiger partial charge in [-0.25, -0.2) is 4.68 Å². The number of carbonyl (C=O) groups is 2. The topological polar surface area (TPSA) is 89.2 Å². The lowest BCUT2D eigenvalue weighted by atomic mass is 10.1. The summed E-state index contributed by atoms with van der Waals surface area (Å²) in [6.45, 7) is 1.59. The fourth-order valence-electron chi connectivity index (χ4n) is 3.43. The van der Waals surface area contributed by atoms with Gasteiger partial charge in [-0.2, -0.15) is 31.4 Å². The zero-order chi connectivity index (χ0) is 25.5. The predicted octanol–water partition coefficient (Wildman–Crippen LogP) is 5.04. The van der Waals surface area contributed by atoms with Crippen molar-refractivity contribution in [3.8, 4) is 5.69 Å². The molecule has 0 aliphatic rings. The quantitative estimate of drug-likeness (QED) is 0.307. The third-order valence-electron chi connectivity index (χ3n) is 5.04. The average molecular weight is 496 g/mol. The van der Waals surface area contributed by atoms with Crippen molar-refractivity contribution in [1.29, 1.82) is 0 Å². The van der Waals surface area contributed by atoms with Crippen LogP contribution < -0.4 is 10.9 Å². The molecule has 4 rings (SSSR count). The molecular formula is C22H14F6N4O3. The Bertz CT molecular complexity index is 1440. The third-order valence-corrected chi connectivity index (χ3v) is 5.04. The van der Waals surface area contributed by atoms with Gasteiger partial charge >= 0.3 is 18.3 Å². The first-order valence-electron chi connectivity index (χ1n) is 9.79. The van der Waals surface area contributed by atoms with Gasteiger partial charge in [-0.15, -0.1) is 0 Å². The Labute approximate surface area is 192 Å². The van der Waals surface area contributed by atoms with E-state index in [0.29, 0.717) is 34.9 Å². The number of hydrogen-bond acceptors (Lipinski definition) is 4. The normalized spacial score (nSPS) is 12.1. The van der Waals surface area contributed by atoms with Crippen LogP contribution in [0.25, 0.3) is 16.7 Å². The van der Waals surface area contributed by atoms with Gasteiger partial charge in [0.25, 0.3) is 5.91 Å². The standard InChI is InChI=1S/C22H14F6N4O3/c1-11-14-7-2-3-8-16(14)35-17(11)20(34)31-30-19(33)15-10-29-32(18(15)22(26,27)28)13-6-4-5-12(9-13)21(23,24)25/h2-10H,1H3,(H,30,33)(H,31,34). The van der Waals surface area contributed by atoms with Gasteiger partial charge in [0, 0.05) is 10.9 Å². The van der Waals surface area contributed by atoms with Crippen molar-refractivity contribution in [1.82, 2.24) is 20.6 Å². The van der Waals surface area contributed by atoms with E-state index in [1.807, 2.05) is 10.9 Å². The maximum Gasteiger partial charge on any atom is 0.434 e. The number of aryl methyl sites for hydroxylation is 1. The SMILES string of the molecule is Cc1c(C(=O)NNC(=O)c2cnn(-c3cccc(C(F)(F)F)c3)c2C(F)(F)F)oc2ccccc12. The van der Waals surface area contributed by atoms with Crippen LogP contribution in [0.2, 0.25) is 0 Å². The van der Waals surface area contributed by atoms with Crippen molar-refractivity contribution in [3.05, 3.63) is 82.9 Å². The smallest absolute Gasteiger partial charge is 0.434 e. The van der Waals surface area contributed by atoms with Crippen molar-refractivity contribution >= 4 is 22.8 Å². The van der Waals surface area contributed by atoms with Crippen LogP contribution >= 0.6 is 0 Å². The molecule has 0 radical (unpaired) electrons. The molecule has 0 atom stereocenters. The largest absolute Gasteiger partial charge is 0.451 e. The van der Waals surface area contributed by atoms with Gasteiger partial charge in [0.1, 0.15) is 5.58 Å². The molecule has 4 aromatic rings. The van der Waals surface area contributed by atoms with Crippen LogP contribution in [0.1, 0.15) is 37.7 Å². The molecule has 0 unspecified atom stereocenters. The van der Waals surface area contributed by atoms with Crippen molar-refractivity contribution in [2.45, 2.75) is 19.3 Å². The van der Waals surface area contributed by atoms with Crippen LogP contribution in [-0.4, -0.2) is 21.6 Å². The predicted molar refractivity (Wildman–Crippen MR) is 109 cm³/mol. The molecule has 2 aromatic carbocycles. The summed E-state index contributed by atoms with van der Waals surface area (Å²) in [6, 6.07) is 9.74. The van der Waals surface area contributed by atoms with E-state index in [-0.39, 0.29) is 10.4 Å². The van der Waals surface area contributed by atoms with Crippen LogP contribution in [0.4, 0.5) is 26.3 Å². The summed E-state index contributed by atoms with van der Waals surface area (Å²) in [7, 11) is 0. The van der Waals surface area contributed by atoms with Gasteiger partial charge < -0.3 is 4.42 Å². The highest BCUT2D eigenvalue weighted by molar-refractivity contribution is 6.01. The number of halogens is 6. The maximum atomic E-state index is 13.8. The van der Waals surface area contributed by atoms with E-state index in [2.05, 4.69) is 5.10 Å². The minimum atomic E-state index is -5.17. The third kappa shape index (κ3) is 4.56. The van der Waals surface area contributed by atoms with Gasteiger partial charge in [0.15, 0.2) is 11.5 Å². The summed E-state index contributed by atoms with van der Waals surface area (Å²) < 4.78 is 86.0. The molecule has 2 aromatic heterocycles. The number of amides is 2. The number of rotatable bonds is 3. The maximum absolute atomic E-state index is 13.8. The van der Waals surface area contributed by atoms with Crippen molar-refractivity contribution < 1.29 is 40.3 Å². The first-order chi connectivity index (χ1) is 16.4. The van der Waals surface area contributed by atoms with E-state index in [0.717, 1.165) is 12.1 Å². The van der Waals surface area contributed by atoms with Crippen LogP contribution in [0.15, 0.2) is 59.1 Å². The number of hydrogen-bond donors (Lipinski definition) is 2. The summed E-state index contributed by atoms with van der Waals surface area (Å²) >= 11 is 0. The molecule has 2 heterocycles. The number of para-hydroxylation sites is 1. The van der Waals surface area contributed by atoms with E-state index in [4.69, 9.17) is 4.42 Å². The Morgan fingerprint density at radius 2 is 1.60 bits per heavy atom. The highest BCUT2D eigenvalue weighted by Gasteiger charge is 2.41. The van der Waals surface area contributed by atoms with E-state index in [1.54, 1.807) is 31.2 Å². The summed E-state index contributed by atoms with van der Waals surface area (Å²) in [5.74, 6) is -2.48. The monoisotopic (exact) mass is 496 g/mol.